The number of carbonyl (C=O) groups is 1. The Bertz CT molecular complexity index is 1180. The fourth-order valence-corrected chi connectivity index (χ4v) is 5.03. The van der Waals surface area contributed by atoms with Crippen molar-refractivity contribution >= 4 is 23.2 Å². The van der Waals surface area contributed by atoms with Gasteiger partial charge in [-0.2, -0.15) is 9.61 Å². The van der Waals surface area contributed by atoms with Gasteiger partial charge in [0.05, 0.1) is 24.0 Å². The molecule has 1 unspecified atom stereocenters. The van der Waals surface area contributed by atoms with E-state index in [1.165, 1.54) is 12.1 Å². The minimum absolute atomic E-state index is 0.297. The van der Waals surface area contributed by atoms with E-state index >= 15 is 0 Å². The van der Waals surface area contributed by atoms with Crippen LogP contribution in [-0.2, 0) is 16.8 Å². The molecule has 1 aliphatic carbocycles. The van der Waals surface area contributed by atoms with Crippen molar-refractivity contribution in [3.05, 3.63) is 53.6 Å². The number of rotatable bonds is 2. The van der Waals surface area contributed by atoms with Gasteiger partial charge in [0.25, 0.3) is 0 Å². The summed E-state index contributed by atoms with van der Waals surface area (Å²) < 4.78 is 21.0. The van der Waals surface area contributed by atoms with Gasteiger partial charge in [0.15, 0.2) is 5.65 Å². The van der Waals surface area contributed by atoms with E-state index in [0.717, 1.165) is 42.0 Å². The van der Waals surface area contributed by atoms with Crippen LogP contribution in [0.5, 0.6) is 0 Å². The summed E-state index contributed by atoms with van der Waals surface area (Å²) in [6.07, 6.45) is 4.09. The molecule has 2 aliphatic rings. The number of anilines is 2. The number of amides is 1. The van der Waals surface area contributed by atoms with Crippen LogP contribution in [0.15, 0.2) is 36.5 Å². The summed E-state index contributed by atoms with van der Waals surface area (Å²) in [5.74, 6) is 0.920. The second-order valence-corrected chi connectivity index (χ2v) is 9.97. The number of hydrogen-bond acceptors (Lipinski definition) is 5. The van der Waals surface area contributed by atoms with Crippen LogP contribution in [0.3, 0.4) is 0 Å². The summed E-state index contributed by atoms with van der Waals surface area (Å²) in [6, 6.07) is 8.06. The van der Waals surface area contributed by atoms with E-state index in [0.29, 0.717) is 18.1 Å². The molecule has 1 N–H and O–H groups in total. The highest BCUT2D eigenvalue weighted by Gasteiger charge is 2.54. The van der Waals surface area contributed by atoms with Gasteiger partial charge in [-0.25, -0.2) is 14.2 Å². The van der Waals surface area contributed by atoms with Gasteiger partial charge in [-0.1, -0.05) is 6.92 Å². The summed E-state index contributed by atoms with van der Waals surface area (Å²) in [4.78, 5) is 20.2. The lowest BCUT2D eigenvalue weighted by Gasteiger charge is -2.36. The monoisotopic (exact) mass is 437 g/mol. The predicted molar refractivity (Wildman–Crippen MR) is 119 cm³/mol. The van der Waals surface area contributed by atoms with Crippen molar-refractivity contribution in [1.29, 1.82) is 0 Å². The first-order valence-electron chi connectivity index (χ1n) is 11.1. The van der Waals surface area contributed by atoms with Crippen molar-refractivity contribution < 1.29 is 13.9 Å². The number of carbonyl (C=O) groups excluding carboxylic acids is 1. The SMILES string of the molecule is C[C@@H]1CCC2(C1)c1nc3ccnn3c(Nc3ccc(F)cc3)c1CN2C(=O)OC(C)(C)C. The molecular weight excluding hydrogens is 409 g/mol. The van der Waals surface area contributed by atoms with Crippen LogP contribution in [0.2, 0.25) is 0 Å². The molecule has 1 spiro atoms. The maximum atomic E-state index is 13.4. The van der Waals surface area contributed by atoms with Crippen LogP contribution in [-0.4, -0.2) is 31.2 Å². The number of ether oxygens (including phenoxy) is 1. The number of aromatic nitrogens is 3. The van der Waals surface area contributed by atoms with Crippen molar-refractivity contribution in [3.63, 3.8) is 0 Å². The standard InChI is InChI=1S/C24H28FN5O2/c1-15-9-11-24(13-15)20-18(14-29(24)22(31)32-23(2,3)4)21(30-19(28-20)10-12-26-30)27-17-7-5-16(25)6-8-17/h5-8,10,12,15,27H,9,11,13-14H2,1-4H3/t15-,24?/m1/s1. The fourth-order valence-electron chi connectivity index (χ4n) is 5.03. The average molecular weight is 438 g/mol. The molecule has 0 bridgehead atoms. The Morgan fingerprint density at radius 2 is 2.00 bits per heavy atom. The van der Waals surface area contributed by atoms with Gasteiger partial charge < -0.3 is 10.1 Å². The van der Waals surface area contributed by atoms with E-state index in [9.17, 15) is 9.18 Å². The van der Waals surface area contributed by atoms with Crippen molar-refractivity contribution in [3.8, 4) is 0 Å². The molecule has 32 heavy (non-hydrogen) atoms. The topological polar surface area (TPSA) is 71.8 Å². The van der Waals surface area contributed by atoms with Crippen LogP contribution in [0.1, 0.15) is 58.2 Å². The third-order valence-corrected chi connectivity index (χ3v) is 6.36. The number of fused-ring (bicyclic) bond motifs is 3. The van der Waals surface area contributed by atoms with Crippen molar-refractivity contribution in [2.45, 2.75) is 64.6 Å². The first-order valence-corrected chi connectivity index (χ1v) is 11.1. The zero-order valence-electron chi connectivity index (χ0n) is 18.9. The lowest BCUT2D eigenvalue weighted by atomic mass is 9.91. The molecule has 0 saturated heterocycles. The summed E-state index contributed by atoms with van der Waals surface area (Å²) in [5.41, 5.74) is 2.19. The number of nitrogens with zero attached hydrogens (tertiary/aromatic N) is 4. The van der Waals surface area contributed by atoms with E-state index in [1.54, 1.807) is 22.8 Å². The molecule has 2 aromatic heterocycles. The summed E-state index contributed by atoms with van der Waals surface area (Å²) in [7, 11) is 0. The lowest BCUT2D eigenvalue weighted by molar-refractivity contribution is -0.00185. The Morgan fingerprint density at radius 1 is 1.25 bits per heavy atom. The highest BCUT2D eigenvalue weighted by atomic mass is 19.1. The average Bonchev–Trinajstić information content (AvgIpc) is 3.41. The molecule has 0 radical (unpaired) electrons. The highest BCUT2D eigenvalue weighted by molar-refractivity contribution is 5.74. The Hall–Kier alpha value is -3.16. The summed E-state index contributed by atoms with van der Waals surface area (Å²) in [6.45, 7) is 8.24. The zero-order chi connectivity index (χ0) is 22.7. The van der Waals surface area contributed by atoms with Crippen LogP contribution >= 0.6 is 0 Å². The van der Waals surface area contributed by atoms with E-state index in [-0.39, 0.29) is 11.9 Å². The van der Waals surface area contributed by atoms with Gasteiger partial charge in [0.1, 0.15) is 17.2 Å². The maximum absolute atomic E-state index is 13.4. The largest absolute Gasteiger partial charge is 0.444 e. The van der Waals surface area contributed by atoms with Crippen LogP contribution < -0.4 is 5.32 Å². The van der Waals surface area contributed by atoms with E-state index in [4.69, 9.17) is 9.72 Å². The Labute approximate surface area is 186 Å². The Kier molecular flexibility index (Phi) is 4.65. The molecule has 1 aromatic carbocycles. The molecule has 2 atom stereocenters. The van der Waals surface area contributed by atoms with E-state index in [2.05, 4.69) is 17.3 Å². The minimum atomic E-state index is -0.589. The van der Waals surface area contributed by atoms with Gasteiger partial charge in [-0.3, -0.25) is 4.90 Å². The van der Waals surface area contributed by atoms with E-state index in [1.807, 2.05) is 31.7 Å². The molecule has 168 valence electrons. The minimum Gasteiger partial charge on any atom is -0.444 e. The second kappa shape index (κ2) is 7.18. The summed E-state index contributed by atoms with van der Waals surface area (Å²) in [5, 5.41) is 7.85. The number of halogens is 1. The molecule has 3 heterocycles. The van der Waals surface area contributed by atoms with Gasteiger partial charge in [-0.05, 0) is 70.2 Å². The number of benzene rings is 1. The van der Waals surface area contributed by atoms with Gasteiger partial charge >= 0.3 is 6.09 Å². The third kappa shape index (κ3) is 3.38. The Morgan fingerprint density at radius 3 is 2.66 bits per heavy atom. The molecule has 7 nitrogen and oxygen atoms in total. The number of hydrogen-bond donors (Lipinski definition) is 1. The molecule has 1 saturated carbocycles. The zero-order valence-corrected chi connectivity index (χ0v) is 18.9. The molecule has 1 aliphatic heterocycles. The highest BCUT2D eigenvalue weighted by Crippen LogP contribution is 2.53. The normalized spacial score (nSPS) is 22.5. The van der Waals surface area contributed by atoms with E-state index < -0.39 is 11.1 Å². The first kappa shape index (κ1) is 20.7. The quantitative estimate of drug-likeness (QED) is 0.583. The molecule has 1 fully saturated rings. The fraction of sp³-hybridized carbons (Fsp3) is 0.458. The van der Waals surface area contributed by atoms with Crippen LogP contribution in [0.4, 0.5) is 20.7 Å². The molecule has 5 rings (SSSR count). The second-order valence-electron chi connectivity index (χ2n) is 9.97. The van der Waals surface area contributed by atoms with Gasteiger partial charge in [0.2, 0.25) is 0 Å². The molecular formula is C24H28FN5O2. The third-order valence-electron chi connectivity index (χ3n) is 6.36. The number of nitrogens with one attached hydrogen (secondary N) is 1. The maximum Gasteiger partial charge on any atom is 0.411 e. The van der Waals surface area contributed by atoms with Crippen molar-refractivity contribution in [2.75, 3.05) is 5.32 Å². The molecule has 8 heteroatoms. The van der Waals surface area contributed by atoms with Crippen LogP contribution in [0.25, 0.3) is 5.65 Å². The van der Waals surface area contributed by atoms with Gasteiger partial charge in [0, 0.05) is 17.3 Å². The van der Waals surface area contributed by atoms with Crippen molar-refractivity contribution in [1.82, 2.24) is 19.5 Å². The first-order chi connectivity index (χ1) is 15.2. The van der Waals surface area contributed by atoms with Crippen LogP contribution in [0, 0.1) is 11.7 Å². The smallest absolute Gasteiger partial charge is 0.411 e. The van der Waals surface area contributed by atoms with Crippen molar-refractivity contribution in [2.24, 2.45) is 5.92 Å². The summed E-state index contributed by atoms with van der Waals surface area (Å²) >= 11 is 0. The van der Waals surface area contributed by atoms with Gasteiger partial charge in [-0.15, -0.1) is 0 Å². The molecule has 1 amide bonds. The Balaban J connectivity index is 1.65. The molecule has 3 aromatic rings. The lowest BCUT2D eigenvalue weighted by Crippen LogP contribution is -2.45. The predicted octanol–water partition coefficient (Wildman–Crippen LogP) is 5.38.